The molecule has 1 fully saturated rings. The molecule has 1 unspecified atom stereocenters. The van der Waals surface area contributed by atoms with Crippen molar-refractivity contribution in [2.24, 2.45) is 0 Å². The lowest BCUT2D eigenvalue weighted by atomic mass is 10.1. The molecule has 0 spiro atoms. The van der Waals surface area contributed by atoms with E-state index in [2.05, 4.69) is 15.1 Å². The number of hydrogen-bond acceptors (Lipinski definition) is 5. The van der Waals surface area contributed by atoms with Crippen molar-refractivity contribution in [3.63, 3.8) is 0 Å². The number of nitrogens with zero attached hydrogens (tertiary/aromatic N) is 2. The first-order chi connectivity index (χ1) is 15.7. The average Bonchev–Trinajstić information content (AvgIpc) is 2.78. The van der Waals surface area contributed by atoms with Crippen molar-refractivity contribution in [1.29, 1.82) is 0 Å². The van der Waals surface area contributed by atoms with Gasteiger partial charge in [-0.1, -0.05) is 29.8 Å². The number of nitrogens with one attached hydrogen (secondary N) is 1. The number of β-amino-alcohol motifs (C(OH)–C–C–N with tert-alkyl or cyclic N) is 1. The topological polar surface area (TPSA) is 65.0 Å². The highest BCUT2D eigenvalue weighted by atomic mass is 19.4. The smallest absolute Gasteiger partial charge is 0.416 e. The molecule has 6 nitrogen and oxygen atoms in total. The molecule has 0 aliphatic carbocycles. The van der Waals surface area contributed by atoms with E-state index in [9.17, 15) is 23.1 Å². The van der Waals surface area contributed by atoms with Crippen molar-refractivity contribution in [3.8, 4) is 5.75 Å². The van der Waals surface area contributed by atoms with Crippen molar-refractivity contribution in [2.75, 3.05) is 45.9 Å². The highest BCUT2D eigenvalue weighted by Gasteiger charge is 2.30. The Bertz CT molecular complexity index is 881. The van der Waals surface area contributed by atoms with Crippen LogP contribution < -0.4 is 10.1 Å². The maximum absolute atomic E-state index is 12.6. The van der Waals surface area contributed by atoms with E-state index in [-0.39, 0.29) is 18.3 Å². The molecule has 0 saturated carbocycles. The van der Waals surface area contributed by atoms with Gasteiger partial charge in [-0.25, -0.2) is 0 Å². The van der Waals surface area contributed by atoms with Crippen LogP contribution in [0.5, 0.6) is 5.75 Å². The number of rotatable bonds is 9. The summed E-state index contributed by atoms with van der Waals surface area (Å²) in [7, 11) is 0. The second-order valence-corrected chi connectivity index (χ2v) is 8.33. The van der Waals surface area contributed by atoms with Crippen molar-refractivity contribution < 1.29 is 27.8 Å². The van der Waals surface area contributed by atoms with Crippen LogP contribution >= 0.6 is 0 Å². The number of amides is 1. The van der Waals surface area contributed by atoms with Gasteiger partial charge in [0.25, 0.3) is 0 Å². The minimum absolute atomic E-state index is 0.00695. The molecular formula is C24H30F3N3O3. The molecule has 1 aliphatic rings. The lowest BCUT2D eigenvalue weighted by Crippen LogP contribution is -2.51. The van der Waals surface area contributed by atoms with Crippen LogP contribution in [-0.4, -0.2) is 72.8 Å². The quantitative estimate of drug-likeness (QED) is 0.596. The summed E-state index contributed by atoms with van der Waals surface area (Å²) < 4.78 is 43.2. The van der Waals surface area contributed by atoms with E-state index >= 15 is 0 Å². The van der Waals surface area contributed by atoms with Gasteiger partial charge in [-0.3, -0.25) is 14.6 Å². The second kappa shape index (κ2) is 11.5. The van der Waals surface area contributed by atoms with Gasteiger partial charge in [-0.05, 0) is 36.8 Å². The SMILES string of the molecule is Cc1ccc(CNC(=O)CN2CCN(CC(O)COc3ccc(C(F)(F)F)cc3)CC2)cc1. The van der Waals surface area contributed by atoms with E-state index in [4.69, 9.17) is 4.74 Å². The third kappa shape index (κ3) is 8.34. The summed E-state index contributed by atoms with van der Waals surface area (Å²) in [5.41, 5.74) is 1.50. The average molecular weight is 466 g/mol. The van der Waals surface area contributed by atoms with Crippen molar-refractivity contribution >= 4 is 5.91 Å². The molecule has 0 aromatic heterocycles. The van der Waals surface area contributed by atoms with Crippen LogP contribution in [0.1, 0.15) is 16.7 Å². The molecule has 1 saturated heterocycles. The molecule has 2 aromatic rings. The van der Waals surface area contributed by atoms with Crippen LogP contribution in [0.25, 0.3) is 0 Å². The van der Waals surface area contributed by atoms with E-state index in [0.29, 0.717) is 45.8 Å². The number of halogens is 3. The maximum atomic E-state index is 12.6. The number of ether oxygens (including phenoxy) is 1. The highest BCUT2D eigenvalue weighted by Crippen LogP contribution is 2.30. The molecule has 0 bridgehead atoms. The Kier molecular flexibility index (Phi) is 8.71. The van der Waals surface area contributed by atoms with Crippen LogP contribution in [0.3, 0.4) is 0 Å². The Morgan fingerprint density at radius 2 is 1.64 bits per heavy atom. The van der Waals surface area contributed by atoms with Crippen LogP contribution in [0.4, 0.5) is 13.2 Å². The summed E-state index contributed by atoms with van der Waals surface area (Å²) in [5.74, 6) is 0.262. The Balaban J connectivity index is 1.31. The fourth-order valence-corrected chi connectivity index (χ4v) is 3.58. The van der Waals surface area contributed by atoms with Crippen LogP contribution in [0.2, 0.25) is 0 Å². The number of aliphatic hydroxyl groups excluding tert-OH is 1. The summed E-state index contributed by atoms with van der Waals surface area (Å²) >= 11 is 0. The summed E-state index contributed by atoms with van der Waals surface area (Å²) in [5, 5.41) is 13.2. The molecule has 1 heterocycles. The Morgan fingerprint density at radius 1 is 1.03 bits per heavy atom. The molecule has 2 N–H and O–H groups in total. The normalized spacial score (nSPS) is 16.4. The number of carbonyl (C=O) groups excluding carboxylic acids is 1. The first kappa shape index (κ1) is 25.0. The third-order valence-corrected chi connectivity index (χ3v) is 5.54. The van der Waals surface area contributed by atoms with Crippen molar-refractivity contribution in [2.45, 2.75) is 25.7 Å². The summed E-state index contributed by atoms with van der Waals surface area (Å²) in [4.78, 5) is 16.4. The molecule has 180 valence electrons. The summed E-state index contributed by atoms with van der Waals surface area (Å²) in [6.07, 6.45) is -5.15. The van der Waals surface area contributed by atoms with Crippen molar-refractivity contribution in [3.05, 3.63) is 65.2 Å². The number of carbonyl (C=O) groups is 1. The van der Waals surface area contributed by atoms with Crippen molar-refractivity contribution in [1.82, 2.24) is 15.1 Å². The molecule has 1 aliphatic heterocycles. The summed E-state index contributed by atoms with van der Waals surface area (Å²) in [6.45, 7) is 6.10. The fourth-order valence-electron chi connectivity index (χ4n) is 3.58. The lowest BCUT2D eigenvalue weighted by molar-refractivity contribution is -0.137. The van der Waals surface area contributed by atoms with Gasteiger partial charge in [-0.2, -0.15) is 13.2 Å². The Morgan fingerprint density at radius 3 is 2.24 bits per heavy atom. The standard InChI is InChI=1S/C24H30F3N3O3/c1-18-2-4-19(5-3-18)14-28-23(32)16-30-12-10-29(11-13-30)15-21(31)17-33-22-8-6-20(7-9-22)24(25,26)27/h2-9,21,31H,10-17H2,1H3,(H,28,32). The summed E-state index contributed by atoms with van der Waals surface area (Å²) in [6, 6.07) is 12.4. The first-order valence-electron chi connectivity index (χ1n) is 10.9. The molecule has 0 radical (unpaired) electrons. The third-order valence-electron chi connectivity index (χ3n) is 5.54. The van der Waals surface area contributed by atoms with Gasteiger partial charge in [-0.15, -0.1) is 0 Å². The van der Waals surface area contributed by atoms with Crippen LogP contribution in [0, 0.1) is 6.92 Å². The molecule has 33 heavy (non-hydrogen) atoms. The zero-order valence-corrected chi connectivity index (χ0v) is 18.6. The van der Waals surface area contributed by atoms with Gasteiger partial charge in [0.15, 0.2) is 0 Å². The van der Waals surface area contributed by atoms with Gasteiger partial charge < -0.3 is 15.2 Å². The minimum atomic E-state index is -4.39. The van der Waals surface area contributed by atoms with E-state index in [1.807, 2.05) is 31.2 Å². The zero-order chi connectivity index (χ0) is 23.8. The van der Waals surface area contributed by atoms with E-state index in [1.54, 1.807) is 0 Å². The monoisotopic (exact) mass is 465 g/mol. The number of hydrogen-bond donors (Lipinski definition) is 2. The second-order valence-electron chi connectivity index (χ2n) is 8.33. The number of piperazine rings is 1. The lowest BCUT2D eigenvalue weighted by Gasteiger charge is -2.35. The van der Waals surface area contributed by atoms with Crippen LogP contribution in [0.15, 0.2) is 48.5 Å². The predicted molar refractivity (Wildman–Crippen MR) is 119 cm³/mol. The molecular weight excluding hydrogens is 435 g/mol. The zero-order valence-electron chi connectivity index (χ0n) is 18.6. The molecule has 1 atom stereocenters. The molecule has 2 aromatic carbocycles. The molecule has 1 amide bonds. The van der Waals surface area contributed by atoms with Gasteiger partial charge >= 0.3 is 6.18 Å². The molecule has 3 rings (SSSR count). The van der Waals surface area contributed by atoms with Gasteiger partial charge in [0.2, 0.25) is 5.91 Å². The minimum Gasteiger partial charge on any atom is -0.491 e. The van der Waals surface area contributed by atoms with Gasteiger partial charge in [0, 0.05) is 39.3 Å². The number of alkyl halides is 3. The van der Waals surface area contributed by atoms with Crippen LogP contribution in [-0.2, 0) is 17.5 Å². The molecule has 9 heteroatoms. The van der Waals surface area contributed by atoms with Gasteiger partial charge in [0.1, 0.15) is 18.5 Å². The Hall–Kier alpha value is -2.62. The van der Waals surface area contributed by atoms with E-state index in [0.717, 1.165) is 17.7 Å². The van der Waals surface area contributed by atoms with E-state index < -0.39 is 17.8 Å². The maximum Gasteiger partial charge on any atom is 0.416 e. The largest absolute Gasteiger partial charge is 0.491 e. The number of benzene rings is 2. The number of aliphatic hydroxyl groups is 1. The first-order valence-corrected chi connectivity index (χ1v) is 10.9. The highest BCUT2D eigenvalue weighted by molar-refractivity contribution is 5.78. The Labute approximate surface area is 191 Å². The van der Waals surface area contributed by atoms with Gasteiger partial charge in [0.05, 0.1) is 12.1 Å². The fraction of sp³-hybridized carbons (Fsp3) is 0.458. The predicted octanol–water partition coefficient (Wildman–Crippen LogP) is 2.69. The van der Waals surface area contributed by atoms with E-state index in [1.165, 1.54) is 17.7 Å². The number of aryl methyl sites for hydroxylation is 1.